The van der Waals surface area contributed by atoms with Gasteiger partial charge in [-0.25, -0.2) is 0 Å². The topological polar surface area (TPSA) is 26.3 Å². The highest BCUT2D eigenvalue weighted by molar-refractivity contribution is 8.76. The molecule has 0 aromatic heterocycles. The van der Waals surface area contributed by atoms with Crippen LogP contribution in [0.2, 0.25) is 0 Å². The fraction of sp³-hybridized carbons (Fsp3) is 0.750. The van der Waals surface area contributed by atoms with Crippen molar-refractivity contribution in [2.75, 3.05) is 18.6 Å². The maximum Gasteiger partial charge on any atom is 0.293 e. The van der Waals surface area contributed by atoms with Crippen LogP contribution >= 0.6 is 21.6 Å². The van der Waals surface area contributed by atoms with E-state index in [1.807, 2.05) is 6.26 Å². The quantitative estimate of drug-likeness (QED) is 0.335. The van der Waals surface area contributed by atoms with E-state index < -0.39 is 0 Å². The first-order valence-corrected chi connectivity index (χ1v) is 4.85. The number of hydrogen-bond donors (Lipinski definition) is 0. The van der Waals surface area contributed by atoms with Gasteiger partial charge in [0.25, 0.3) is 6.47 Å². The SMILES string of the molecule is CSSCCOC=O. The maximum atomic E-state index is 9.53. The Kier molecular flexibility index (Phi) is 7.32. The number of carbonyl (C=O) groups excluding carboxylic acids is 1. The van der Waals surface area contributed by atoms with E-state index in [-0.39, 0.29) is 0 Å². The molecule has 0 amide bonds. The first-order valence-electron chi connectivity index (χ1n) is 2.12. The summed E-state index contributed by atoms with van der Waals surface area (Å²) in [6, 6.07) is 0. The second-order valence-electron chi connectivity index (χ2n) is 0.956. The lowest BCUT2D eigenvalue weighted by molar-refractivity contribution is -0.128. The lowest BCUT2D eigenvalue weighted by Crippen LogP contribution is -1.92. The zero-order chi connectivity index (χ0) is 6.24. The van der Waals surface area contributed by atoms with Crippen molar-refractivity contribution < 1.29 is 9.53 Å². The van der Waals surface area contributed by atoms with E-state index in [0.717, 1.165) is 5.75 Å². The first kappa shape index (κ1) is 8.17. The smallest absolute Gasteiger partial charge is 0.293 e. The molecule has 0 rings (SSSR count). The Morgan fingerprint density at radius 1 is 1.75 bits per heavy atom. The van der Waals surface area contributed by atoms with Crippen LogP contribution in [0.4, 0.5) is 0 Å². The van der Waals surface area contributed by atoms with Gasteiger partial charge in [0.2, 0.25) is 0 Å². The minimum absolute atomic E-state index is 0.473. The van der Waals surface area contributed by atoms with Gasteiger partial charge in [0, 0.05) is 5.75 Å². The highest BCUT2D eigenvalue weighted by Gasteiger charge is 1.83. The molecule has 0 aliphatic heterocycles. The molecule has 0 aliphatic carbocycles. The van der Waals surface area contributed by atoms with E-state index >= 15 is 0 Å². The summed E-state index contributed by atoms with van der Waals surface area (Å²) in [7, 11) is 3.35. The van der Waals surface area contributed by atoms with Crippen LogP contribution in [0.3, 0.4) is 0 Å². The average molecular weight is 152 g/mol. The number of hydrogen-bond acceptors (Lipinski definition) is 4. The molecule has 0 heterocycles. The van der Waals surface area contributed by atoms with Gasteiger partial charge in [-0.2, -0.15) is 0 Å². The standard InChI is InChI=1S/C4H8O2S2/c1-7-8-3-2-6-4-5/h4H,2-3H2,1H3. The number of rotatable bonds is 5. The van der Waals surface area contributed by atoms with E-state index in [9.17, 15) is 4.79 Å². The molecule has 0 saturated heterocycles. The second-order valence-corrected chi connectivity index (χ2v) is 3.64. The van der Waals surface area contributed by atoms with Gasteiger partial charge < -0.3 is 4.74 Å². The highest BCUT2D eigenvalue weighted by atomic mass is 33.1. The van der Waals surface area contributed by atoms with Gasteiger partial charge in [-0.15, -0.1) is 0 Å². The fourth-order valence-corrected chi connectivity index (χ4v) is 1.25. The van der Waals surface area contributed by atoms with Crippen LogP contribution in [-0.2, 0) is 9.53 Å². The van der Waals surface area contributed by atoms with E-state index in [4.69, 9.17) is 0 Å². The van der Waals surface area contributed by atoms with Crippen molar-refractivity contribution in [1.29, 1.82) is 0 Å². The molecule has 0 spiro atoms. The van der Waals surface area contributed by atoms with Gasteiger partial charge in [-0.05, 0) is 6.26 Å². The molecule has 0 aromatic rings. The summed E-state index contributed by atoms with van der Waals surface area (Å²) in [6.07, 6.45) is 1.99. The molecule has 0 bridgehead atoms. The van der Waals surface area contributed by atoms with E-state index in [1.54, 1.807) is 21.6 Å². The molecule has 0 aromatic carbocycles. The maximum absolute atomic E-state index is 9.53. The van der Waals surface area contributed by atoms with Gasteiger partial charge in [0.1, 0.15) is 6.61 Å². The van der Waals surface area contributed by atoms with Crippen LogP contribution in [0.5, 0.6) is 0 Å². The lowest BCUT2D eigenvalue weighted by Gasteiger charge is -1.93. The van der Waals surface area contributed by atoms with Crippen LogP contribution < -0.4 is 0 Å². The van der Waals surface area contributed by atoms with Crippen molar-refractivity contribution in [2.24, 2.45) is 0 Å². The molecule has 4 heteroatoms. The number of carbonyl (C=O) groups is 1. The summed E-state index contributed by atoms with van der Waals surface area (Å²) in [4.78, 5) is 9.53. The summed E-state index contributed by atoms with van der Waals surface area (Å²) < 4.78 is 4.42. The van der Waals surface area contributed by atoms with Crippen molar-refractivity contribution in [1.82, 2.24) is 0 Å². The van der Waals surface area contributed by atoms with Gasteiger partial charge >= 0.3 is 0 Å². The Bertz CT molecular complexity index is 58.0. The summed E-state index contributed by atoms with van der Waals surface area (Å²) in [6.45, 7) is 0.996. The Labute approximate surface area is 56.8 Å². The van der Waals surface area contributed by atoms with Crippen LogP contribution in [0.1, 0.15) is 0 Å². The van der Waals surface area contributed by atoms with Crippen LogP contribution in [0.25, 0.3) is 0 Å². The summed E-state index contributed by atoms with van der Waals surface area (Å²) in [5.41, 5.74) is 0. The second kappa shape index (κ2) is 7.17. The molecule has 48 valence electrons. The molecule has 0 fully saturated rings. The Morgan fingerprint density at radius 2 is 2.50 bits per heavy atom. The molecule has 8 heavy (non-hydrogen) atoms. The fourth-order valence-electron chi connectivity index (χ4n) is 0.214. The largest absolute Gasteiger partial charge is 0.467 e. The highest BCUT2D eigenvalue weighted by Crippen LogP contribution is 2.15. The van der Waals surface area contributed by atoms with E-state index in [2.05, 4.69) is 4.74 Å². The van der Waals surface area contributed by atoms with Gasteiger partial charge in [0.15, 0.2) is 0 Å². The zero-order valence-corrected chi connectivity index (χ0v) is 6.26. The number of ether oxygens (including phenoxy) is 1. The van der Waals surface area contributed by atoms with E-state index in [1.165, 1.54) is 0 Å². The predicted octanol–water partition coefficient (Wildman–Crippen LogP) is 1.17. The Morgan fingerprint density at radius 3 is 3.00 bits per heavy atom. The third-order valence-electron chi connectivity index (χ3n) is 0.470. The van der Waals surface area contributed by atoms with Crippen LogP contribution in [-0.4, -0.2) is 25.1 Å². The molecule has 2 nitrogen and oxygen atoms in total. The molecular formula is C4H8O2S2. The van der Waals surface area contributed by atoms with Crippen LogP contribution in [0.15, 0.2) is 0 Å². The van der Waals surface area contributed by atoms with Crippen molar-refractivity contribution in [3.05, 3.63) is 0 Å². The molecule has 0 radical (unpaired) electrons. The predicted molar refractivity (Wildman–Crippen MR) is 38.0 cm³/mol. The monoisotopic (exact) mass is 152 g/mol. The van der Waals surface area contributed by atoms with E-state index in [0.29, 0.717) is 13.1 Å². The zero-order valence-electron chi connectivity index (χ0n) is 4.62. The van der Waals surface area contributed by atoms with Crippen molar-refractivity contribution in [3.63, 3.8) is 0 Å². The first-order chi connectivity index (χ1) is 3.91. The molecule has 0 N–H and O–H groups in total. The summed E-state index contributed by atoms with van der Waals surface area (Å²) in [5, 5.41) is 0. The van der Waals surface area contributed by atoms with Crippen molar-refractivity contribution >= 4 is 28.1 Å². The van der Waals surface area contributed by atoms with Crippen LogP contribution in [0, 0.1) is 0 Å². The molecule has 0 unspecified atom stereocenters. The molecule has 0 saturated carbocycles. The third-order valence-corrected chi connectivity index (χ3v) is 2.25. The normalized spacial score (nSPS) is 8.62. The minimum Gasteiger partial charge on any atom is -0.467 e. The summed E-state index contributed by atoms with van der Waals surface area (Å²) in [5.74, 6) is 0.875. The molecule has 0 aliphatic rings. The molecular weight excluding hydrogens is 144 g/mol. The summed E-state index contributed by atoms with van der Waals surface area (Å²) >= 11 is 0. The third kappa shape index (κ3) is 6.17. The Hall–Kier alpha value is 0.170. The van der Waals surface area contributed by atoms with Gasteiger partial charge in [-0.3, -0.25) is 4.79 Å². The van der Waals surface area contributed by atoms with Crippen molar-refractivity contribution in [2.45, 2.75) is 0 Å². The average Bonchev–Trinajstić information content (AvgIpc) is 1.81. The van der Waals surface area contributed by atoms with Gasteiger partial charge in [0.05, 0.1) is 0 Å². The lowest BCUT2D eigenvalue weighted by atomic mass is 10.9. The minimum atomic E-state index is 0.473. The Balaban J connectivity index is 2.62. The molecule has 0 atom stereocenters. The van der Waals surface area contributed by atoms with Gasteiger partial charge in [-0.1, -0.05) is 21.6 Å². The van der Waals surface area contributed by atoms with Crippen molar-refractivity contribution in [3.8, 4) is 0 Å².